The van der Waals surface area contributed by atoms with Gasteiger partial charge in [-0.1, -0.05) is 19.1 Å². The first-order valence-electron chi connectivity index (χ1n) is 12.9. The Bertz CT molecular complexity index is 1350. The lowest BCUT2D eigenvalue weighted by atomic mass is 9.80. The number of fused-ring (bicyclic) bond motifs is 1. The number of carbonyl (C=O) groups excluding carboxylic acids is 1. The van der Waals surface area contributed by atoms with Gasteiger partial charge in [0.2, 0.25) is 5.88 Å². The summed E-state index contributed by atoms with van der Waals surface area (Å²) in [6.45, 7) is 4.62. The third-order valence-corrected chi connectivity index (χ3v) is 7.48. The van der Waals surface area contributed by atoms with Crippen molar-refractivity contribution < 1.29 is 27.4 Å². The Labute approximate surface area is 219 Å². The van der Waals surface area contributed by atoms with Gasteiger partial charge < -0.3 is 9.47 Å². The van der Waals surface area contributed by atoms with E-state index in [1.807, 2.05) is 6.92 Å². The first-order chi connectivity index (χ1) is 18.2. The lowest BCUT2D eigenvalue weighted by Gasteiger charge is -2.29. The number of benzene rings is 1. The second-order valence-corrected chi connectivity index (χ2v) is 10.2. The molecule has 0 saturated heterocycles. The van der Waals surface area contributed by atoms with E-state index in [0.717, 1.165) is 42.3 Å². The number of nitrogens with zero attached hydrogens (tertiary/aromatic N) is 3. The average Bonchev–Trinajstić information content (AvgIpc) is 3.73. The maximum absolute atomic E-state index is 14.5. The van der Waals surface area contributed by atoms with Crippen LogP contribution in [-0.4, -0.2) is 33.8 Å². The zero-order valence-corrected chi connectivity index (χ0v) is 21.6. The zero-order valence-electron chi connectivity index (χ0n) is 21.6. The highest BCUT2D eigenvalue weighted by Gasteiger charge is 2.38. The summed E-state index contributed by atoms with van der Waals surface area (Å²) in [6.07, 6.45) is 3.18. The van der Waals surface area contributed by atoms with Crippen LogP contribution in [0.1, 0.15) is 67.6 Å². The van der Waals surface area contributed by atoms with Crippen LogP contribution in [0.5, 0.6) is 11.6 Å². The molecule has 38 heavy (non-hydrogen) atoms. The highest BCUT2D eigenvalue weighted by Crippen LogP contribution is 2.48. The average molecular weight is 526 g/mol. The molecule has 0 amide bonds. The van der Waals surface area contributed by atoms with Crippen molar-refractivity contribution in [2.45, 2.75) is 64.9 Å². The summed E-state index contributed by atoms with van der Waals surface area (Å²) in [5, 5.41) is 0. The number of Topliss-reactive ketones (excluding diaryl/α,β-unsaturated/α-hetero) is 1. The molecular weight excluding hydrogens is 495 g/mol. The smallest absolute Gasteiger partial charge is 0.272 e. The normalized spacial score (nSPS) is 18.4. The molecule has 0 N–H and O–H groups in total. The van der Waals surface area contributed by atoms with E-state index in [2.05, 4.69) is 33.2 Å². The van der Waals surface area contributed by atoms with Crippen molar-refractivity contribution in [3.63, 3.8) is 0 Å². The predicted octanol–water partition coefficient (Wildman–Crippen LogP) is 6.42. The number of pyridine rings is 1. The number of alkyl halides is 2. The third-order valence-electron chi connectivity index (χ3n) is 7.48. The Kier molecular flexibility index (Phi) is 7.36. The monoisotopic (exact) mass is 525 g/mol. The number of aryl methyl sites for hydroxylation is 2. The number of ketones is 1. The molecule has 1 aliphatic heterocycles. The van der Waals surface area contributed by atoms with Gasteiger partial charge in [0.25, 0.3) is 6.43 Å². The van der Waals surface area contributed by atoms with Crippen LogP contribution in [0.3, 0.4) is 0 Å². The van der Waals surface area contributed by atoms with Crippen molar-refractivity contribution >= 4 is 5.78 Å². The third kappa shape index (κ3) is 5.51. The van der Waals surface area contributed by atoms with E-state index in [-0.39, 0.29) is 40.9 Å². The Morgan fingerprint density at radius 1 is 1.16 bits per heavy atom. The van der Waals surface area contributed by atoms with Gasteiger partial charge in [0, 0.05) is 17.5 Å². The van der Waals surface area contributed by atoms with Crippen LogP contribution in [0, 0.1) is 24.6 Å². The molecule has 1 unspecified atom stereocenters. The molecule has 6 nitrogen and oxygen atoms in total. The van der Waals surface area contributed by atoms with Crippen LogP contribution in [0.4, 0.5) is 13.2 Å². The van der Waals surface area contributed by atoms with Crippen LogP contribution in [0.15, 0.2) is 36.7 Å². The van der Waals surface area contributed by atoms with Gasteiger partial charge in [-0.25, -0.2) is 23.1 Å². The molecule has 5 rings (SSSR count). The SMILES string of the molecule is CC(=O)[C@@H](C)[C@H](c1ccc2c(c1)OC(c1ncc(-c3cc(OCC(F)F)ncc3F)nc1C)CC2)C1CC1. The fraction of sp³-hybridized carbons (Fsp3) is 0.448. The number of rotatable bonds is 9. The standard InChI is InChI=1S/C29H30F3N3O3/c1-15(17(3)36)28(19-5-6-19)20-7-4-18-8-9-24(38-25(18)10-20)29-16(2)35-23(13-34-29)21-11-27(33-12-22(21)30)37-14-26(31)32/h4,7,10-13,15,19,24,26,28H,5-6,8-9,14H2,1-3H3/t15-,24?,28+/m1/s1. The van der Waals surface area contributed by atoms with Gasteiger partial charge >= 0.3 is 0 Å². The molecule has 200 valence electrons. The van der Waals surface area contributed by atoms with Crippen molar-refractivity contribution in [1.82, 2.24) is 15.0 Å². The Balaban J connectivity index is 1.38. The molecule has 1 fully saturated rings. The van der Waals surface area contributed by atoms with Crippen molar-refractivity contribution in [2.75, 3.05) is 6.61 Å². The molecule has 3 atom stereocenters. The Morgan fingerprint density at radius 2 is 1.95 bits per heavy atom. The minimum absolute atomic E-state index is 0.0459. The van der Waals surface area contributed by atoms with Crippen LogP contribution in [0.25, 0.3) is 11.3 Å². The van der Waals surface area contributed by atoms with Gasteiger partial charge in [-0.05, 0) is 68.6 Å². The van der Waals surface area contributed by atoms with E-state index in [0.29, 0.717) is 23.7 Å². The van der Waals surface area contributed by atoms with E-state index in [1.54, 1.807) is 13.8 Å². The molecule has 3 heterocycles. The topological polar surface area (TPSA) is 74.2 Å². The fourth-order valence-electron chi connectivity index (χ4n) is 5.24. The summed E-state index contributed by atoms with van der Waals surface area (Å²) in [5.74, 6) is 0.895. The Hall–Kier alpha value is -3.49. The number of ether oxygens (including phenoxy) is 2. The van der Waals surface area contributed by atoms with Crippen LogP contribution < -0.4 is 9.47 Å². The summed E-state index contributed by atoms with van der Waals surface area (Å²) in [5.41, 5.74) is 3.80. The number of aromatic nitrogens is 3. The minimum atomic E-state index is -2.67. The summed E-state index contributed by atoms with van der Waals surface area (Å²) in [7, 11) is 0. The number of halogens is 3. The van der Waals surface area contributed by atoms with Crippen molar-refractivity contribution in [2.24, 2.45) is 11.8 Å². The van der Waals surface area contributed by atoms with Crippen molar-refractivity contribution in [3.05, 3.63) is 65.0 Å². The molecule has 1 saturated carbocycles. The van der Waals surface area contributed by atoms with E-state index in [1.165, 1.54) is 12.3 Å². The molecule has 2 aromatic heterocycles. The van der Waals surface area contributed by atoms with Gasteiger partial charge in [0.15, 0.2) is 12.4 Å². The first kappa shape index (κ1) is 26.1. The second kappa shape index (κ2) is 10.7. The van der Waals surface area contributed by atoms with Gasteiger partial charge in [-0.3, -0.25) is 9.78 Å². The molecular formula is C29H30F3N3O3. The molecule has 1 aromatic carbocycles. The van der Waals surface area contributed by atoms with E-state index in [4.69, 9.17) is 9.47 Å². The molecule has 0 spiro atoms. The minimum Gasteiger partial charge on any atom is -0.484 e. The van der Waals surface area contributed by atoms with Gasteiger partial charge in [-0.15, -0.1) is 0 Å². The second-order valence-electron chi connectivity index (χ2n) is 10.2. The van der Waals surface area contributed by atoms with Crippen molar-refractivity contribution in [3.8, 4) is 22.9 Å². The molecule has 2 aliphatic rings. The summed E-state index contributed by atoms with van der Waals surface area (Å²) in [6, 6.07) is 7.56. The number of carbonyl (C=O) groups is 1. The summed E-state index contributed by atoms with van der Waals surface area (Å²) < 4.78 is 50.8. The highest BCUT2D eigenvalue weighted by molar-refractivity contribution is 5.79. The maximum Gasteiger partial charge on any atom is 0.272 e. The summed E-state index contributed by atoms with van der Waals surface area (Å²) >= 11 is 0. The number of hydrogen-bond acceptors (Lipinski definition) is 6. The van der Waals surface area contributed by atoms with E-state index in [9.17, 15) is 18.0 Å². The van der Waals surface area contributed by atoms with Crippen LogP contribution in [0.2, 0.25) is 0 Å². The van der Waals surface area contributed by atoms with E-state index >= 15 is 0 Å². The lowest BCUT2D eigenvalue weighted by molar-refractivity contribution is -0.121. The molecule has 9 heteroatoms. The van der Waals surface area contributed by atoms with Crippen LogP contribution >= 0.6 is 0 Å². The quantitative estimate of drug-likeness (QED) is 0.321. The van der Waals surface area contributed by atoms with E-state index < -0.39 is 18.8 Å². The first-order valence-corrected chi connectivity index (χ1v) is 12.9. The molecule has 0 bridgehead atoms. The van der Waals surface area contributed by atoms with Gasteiger partial charge in [-0.2, -0.15) is 0 Å². The molecule has 3 aromatic rings. The zero-order chi connectivity index (χ0) is 27.0. The summed E-state index contributed by atoms with van der Waals surface area (Å²) in [4.78, 5) is 25.0. The van der Waals surface area contributed by atoms with Crippen LogP contribution in [-0.2, 0) is 11.2 Å². The lowest BCUT2D eigenvalue weighted by Crippen LogP contribution is -2.21. The number of hydrogen-bond donors (Lipinski definition) is 0. The molecule has 0 radical (unpaired) electrons. The highest BCUT2D eigenvalue weighted by atomic mass is 19.3. The molecule has 1 aliphatic carbocycles. The van der Waals surface area contributed by atoms with Gasteiger partial charge in [0.1, 0.15) is 23.3 Å². The maximum atomic E-state index is 14.5. The largest absolute Gasteiger partial charge is 0.484 e. The van der Waals surface area contributed by atoms with Gasteiger partial charge in [0.05, 0.1) is 23.8 Å². The van der Waals surface area contributed by atoms with Crippen molar-refractivity contribution in [1.29, 1.82) is 0 Å². The Morgan fingerprint density at radius 3 is 2.63 bits per heavy atom. The fourth-order valence-corrected chi connectivity index (χ4v) is 5.24. The predicted molar refractivity (Wildman–Crippen MR) is 135 cm³/mol.